The van der Waals surface area contributed by atoms with Gasteiger partial charge < -0.3 is 14.1 Å². The van der Waals surface area contributed by atoms with Gasteiger partial charge in [-0.25, -0.2) is 4.79 Å². The monoisotopic (exact) mass is 371 g/mol. The van der Waals surface area contributed by atoms with Crippen molar-refractivity contribution in [3.63, 3.8) is 0 Å². The third-order valence-electron chi connectivity index (χ3n) is 4.08. The Kier molecular flexibility index (Phi) is 5.73. The summed E-state index contributed by atoms with van der Waals surface area (Å²) in [5.41, 5.74) is 1.08. The molecule has 2 aromatic heterocycles. The fourth-order valence-corrected chi connectivity index (χ4v) is 3.51. The quantitative estimate of drug-likeness (QED) is 0.592. The number of carbonyl (C=O) groups is 1. The van der Waals surface area contributed by atoms with E-state index in [2.05, 4.69) is 6.92 Å². The first-order valence-electron chi connectivity index (χ1n) is 8.52. The number of hydrogen-bond donors (Lipinski definition) is 0. The van der Waals surface area contributed by atoms with Gasteiger partial charge in [0.05, 0.1) is 6.54 Å². The number of thiophene rings is 1. The molecule has 0 saturated carbocycles. The Labute approximate surface area is 155 Å². The molecular weight excluding hydrogens is 350 g/mol. The maximum atomic E-state index is 12.2. The number of aryl methyl sites for hydroxylation is 1. The van der Waals surface area contributed by atoms with Gasteiger partial charge in [0.2, 0.25) is 0 Å². The van der Waals surface area contributed by atoms with Gasteiger partial charge in [-0.2, -0.15) is 0 Å². The molecule has 0 fully saturated rings. The van der Waals surface area contributed by atoms with Gasteiger partial charge in [-0.15, -0.1) is 11.3 Å². The van der Waals surface area contributed by atoms with Crippen LogP contribution < -0.4 is 10.4 Å². The first kappa shape index (κ1) is 18.2. The van der Waals surface area contributed by atoms with Crippen LogP contribution in [0, 0.1) is 0 Å². The molecule has 26 heavy (non-hydrogen) atoms. The van der Waals surface area contributed by atoms with E-state index in [1.165, 1.54) is 6.07 Å². The molecule has 5 nitrogen and oxygen atoms in total. The predicted molar refractivity (Wildman–Crippen MR) is 103 cm³/mol. The molecule has 136 valence electrons. The summed E-state index contributed by atoms with van der Waals surface area (Å²) >= 11 is 1.61. The zero-order valence-electron chi connectivity index (χ0n) is 14.9. The van der Waals surface area contributed by atoms with Crippen LogP contribution in [0.15, 0.2) is 51.0 Å². The van der Waals surface area contributed by atoms with Gasteiger partial charge in [0.1, 0.15) is 11.3 Å². The molecule has 0 bridgehead atoms. The first-order chi connectivity index (χ1) is 12.6. The van der Waals surface area contributed by atoms with Gasteiger partial charge in [-0.3, -0.25) is 4.79 Å². The second-order valence-electron chi connectivity index (χ2n) is 6.12. The predicted octanol–water partition coefficient (Wildman–Crippen LogP) is 3.84. The molecule has 0 N–H and O–H groups in total. The van der Waals surface area contributed by atoms with Crippen molar-refractivity contribution in [3.05, 3.63) is 62.6 Å². The van der Waals surface area contributed by atoms with Crippen molar-refractivity contribution in [2.24, 2.45) is 0 Å². The van der Waals surface area contributed by atoms with Crippen molar-refractivity contribution < 1.29 is 13.9 Å². The first-order valence-corrected chi connectivity index (χ1v) is 9.40. The van der Waals surface area contributed by atoms with Crippen LogP contribution >= 0.6 is 11.3 Å². The summed E-state index contributed by atoms with van der Waals surface area (Å²) in [5.74, 6) is 0.395. The Morgan fingerprint density at radius 2 is 2.12 bits per heavy atom. The van der Waals surface area contributed by atoms with Gasteiger partial charge in [-0.05, 0) is 35.6 Å². The second-order valence-corrected chi connectivity index (χ2v) is 7.15. The molecule has 2 heterocycles. The van der Waals surface area contributed by atoms with Crippen LogP contribution in [0.3, 0.4) is 0 Å². The van der Waals surface area contributed by atoms with Crippen molar-refractivity contribution in [2.45, 2.75) is 26.3 Å². The lowest BCUT2D eigenvalue weighted by atomic mass is 10.1. The number of likely N-dealkylation sites (N-methyl/N-ethyl adjacent to an activating group) is 1. The SMILES string of the molecule is CCCc1cc(=O)oc2cc(OCC(=O)N(C)Cc3cccs3)ccc12. The molecule has 3 aromatic rings. The van der Waals surface area contributed by atoms with Crippen LogP contribution in [-0.4, -0.2) is 24.5 Å². The van der Waals surface area contributed by atoms with Crippen molar-refractivity contribution in [3.8, 4) is 5.75 Å². The molecule has 1 aromatic carbocycles. The maximum Gasteiger partial charge on any atom is 0.336 e. The average Bonchev–Trinajstić information content (AvgIpc) is 3.12. The van der Waals surface area contributed by atoms with Crippen LogP contribution in [0.1, 0.15) is 23.8 Å². The highest BCUT2D eigenvalue weighted by atomic mass is 32.1. The molecular formula is C20H21NO4S. The van der Waals surface area contributed by atoms with Crippen LogP contribution in [-0.2, 0) is 17.8 Å². The van der Waals surface area contributed by atoms with E-state index in [1.54, 1.807) is 35.4 Å². The van der Waals surface area contributed by atoms with Crippen molar-refractivity contribution in [1.82, 2.24) is 4.90 Å². The molecule has 0 saturated heterocycles. The number of rotatable bonds is 7. The Bertz CT molecular complexity index is 946. The summed E-state index contributed by atoms with van der Waals surface area (Å²) in [7, 11) is 1.75. The topological polar surface area (TPSA) is 59.8 Å². The number of ether oxygens (including phenoxy) is 1. The minimum atomic E-state index is -0.371. The average molecular weight is 371 g/mol. The van der Waals surface area contributed by atoms with Crippen molar-refractivity contribution in [2.75, 3.05) is 13.7 Å². The lowest BCUT2D eigenvalue weighted by molar-refractivity contribution is -0.132. The van der Waals surface area contributed by atoms with Crippen LogP contribution in [0.5, 0.6) is 5.75 Å². The molecule has 0 aliphatic carbocycles. The summed E-state index contributed by atoms with van der Waals surface area (Å²) in [4.78, 5) is 26.7. The lowest BCUT2D eigenvalue weighted by Gasteiger charge is -2.16. The van der Waals surface area contributed by atoms with Gasteiger partial charge >= 0.3 is 5.63 Å². The second kappa shape index (κ2) is 8.19. The zero-order valence-corrected chi connectivity index (χ0v) is 15.7. The minimum Gasteiger partial charge on any atom is -0.484 e. The zero-order chi connectivity index (χ0) is 18.5. The maximum absolute atomic E-state index is 12.2. The third-order valence-corrected chi connectivity index (χ3v) is 4.94. The van der Waals surface area contributed by atoms with E-state index in [0.29, 0.717) is 17.9 Å². The van der Waals surface area contributed by atoms with Gasteiger partial charge in [0.25, 0.3) is 5.91 Å². The van der Waals surface area contributed by atoms with E-state index in [4.69, 9.17) is 9.15 Å². The smallest absolute Gasteiger partial charge is 0.336 e. The van der Waals surface area contributed by atoms with E-state index < -0.39 is 0 Å². The normalized spacial score (nSPS) is 10.8. The number of benzene rings is 1. The number of carbonyl (C=O) groups excluding carboxylic acids is 1. The minimum absolute atomic E-state index is 0.0632. The van der Waals surface area contributed by atoms with Crippen LogP contribution in [0.25, 0.3) is 11.0 Å². The highest BCUT2D eigenvalue weighted by Crippen LogP contribution is 2.23. The number of hydrogen-bond acceptors (Lipinski definition) is 5. The summed E-state index contributed by atoms with van der Waals surface area (Å²) in [6.07, 6.45) is 1.76. The Morgan fingerprint density at radius 1 is 1.27 bits per heavy atom. The number of amides is 1. The molecule has 0 unspecified atom stereocenters. The Morgan fingerprint density at radius 3 is 2.85 bits per heavy atom. The van der Waals surface area contributed by atoms with Crippen LogP contribution in [0.2, 0.25) is 0 Å². The van der Waals surface area contributed by atoms with E-state index in [-0.39, 0.29) is 18.1 Å². The van der Waals surface area contributed by atoms with E-state index in [1.807, 2.05) is 23.6 Å². The number of nitrogens with zero attached hydrogens (tertiary/aromatic N) is 1. The van der Waals surface area contributed by atoms with E-state index in [9.17, 15) is 9.59 Å². The van der Waals surface area contributed by atoms with Gasteiger partial charge in [0.15, 0.2) is 6.61 Å². The lowest BCUT2D eigenvalue weighted by Crippen LogP contribution is -2.30. The molecule has 0 radical (unpaired) electrons. The van der Waals surface area contributed by atoms with E-state index >= 15 is 0 Å². The van der Waals surface area contributed by atoms with Crippen LogP contribution in [0.4, 0.5) is 0 Å². The summed E-state index contributed by atoms with van der Waals surface area (Å²) in [5, 5.41) is 2.89. The fraction of sp³-hybridized carbons (Fsp3) is 0.300. The molecule has 0 atom stereocenters. The molecule has 3 rings (SSSR count). The van der Waals surface area contributed by atoms with E-state index in [0.717, 1.165) is 28.7 Å². The van der Waals surface area contributed by atoms with Crippen molar-refractivity contribution in [1.29, 1.82) is 0 Å². The highest BCUT2D eigenvalue weighted by molar-refractivity contribution is 7.09. The molecule has 0 spiro atoms. The standard InChI is InChI=1S/C20H21NO4S/c1-3-5-14-10-20(23)25-18-11-15(7-8-17(14)18)24-13-19(22)21(2)12-16-6-4-9-26-16/h4,6-11H,3,5,12-13H2,1-2H3. The van der Waals surface area contributed by atoms with Gasteiger partial charge in [0, 0.05) is 29.4 Å². The third kappa shape index (κ3) is 4.32. The molecule has 6 heteroatoms. The molecule has 0 aliphatic rings. The summed E-state index contributed by atoms with van der Waals surface area (Å²) in [6.45, 7) is 2.56. The summed E-state index contributed by atoms with van der Waals surface area (Å²) in [6, 6.07) is 10.8. The van der Waals surface area contributed by atoms with Gasteiger partial charge in [-0.1, -0.05) is 19.4 Å². The molecule has 1 amide bonds. The largest absolute Gasteiger partial charge is 0.484 e. The Hall–Kier alpha value is -2.60. The summed E-state index contributed by atoms with van der Waals surface area (Å²) < 4.78 is 10.9. The number of fused-ring (bicyclic) bond motifs is 1. The fourth-order valence-electron chi connectivity index (χ4n) is 2.76. The van der Waals surface area contributed by atoms with Crippen molar-refractivity contribution >= 4 is 28.2 Å². The highest BCUT2D eigenvalue weighted by Gasteiger charge is 2.12. The Balaban J connectivity index is 1.69. The molecule has 0 aliphatic heterocycles.